The van der Waals surface area contributed by atoms with Crippen LogP contribution in [0.1, 0.15) is 31.1 Å². The van der Waals surface area contributed by atoms with E-state index in [0.29, 0.717) is 0 Å². The molecule has 1 heterocycles. The summed E-state index contributed by atoms with van der Waals surface area (Å²) in [5, 5.41) is 10.6. The van der Waals surface area contributed by atoms with E-state index >= 15 is 0 Å². The van der Waals surface area contributed by atoms with Crippen LogP contribution < -0.4 is 5.32 Å². The zero-order chi connectivity index (χ0) is 13.1. The van der Waals surface area contributed by atoms with Gasteiger partial charge in [-0.2, -0.15) is 0 Å². The number of pyridine rings is 1. The van der Waals surface area contributed by atoms with Crippen LogP contribution in [0.5, 0.6) is 0 Å². The van der Waals surface area contributed by atoms with Gasteiger partial charge < -0.3 is 9.84 Å². The first-order chi connectivity index (χ1) is 7.79. The molecule has 0 aromatic carbocycles. The summed E-state index contributed by atoms with van der Waals surface area (Å²) in [6.45, 7) is 5.18. The molecular weight excluding hydrogens is 224 g/mol. The molecule has 0 aliphatic rings. The van der Waals surface area contributed by atoms with E-state index in [2.05, 4.69) is 4.98 Å². The van der Waals surface area contributed by atoms with Gasteiger partial charge in [0.15, 0.2) is 0 Å². The normalized spacial score (nSPS) is 10.8. The monoisotopic (exact) mass is 238 g/mol. The Labute approximate surface area is 98.6 Å². The van der Waals surface area contributed by atoms with Crippen molar-refractivity contribution in [1.29, 1.82) is 0 Å². The smallest absolute Gasteiger partial charge is 0.410 e. The number of esters is 1. The minimum Gasteiger partial charge on any atom is -0.465 e. The van der Waals surface area contributed by atoms with Crippen molar-refractivity contribution in [3.05, 3.63) is 23.9 Å². The summed E-state index contributed by atoms with van der Waals surface area (Å²) in [7, 11) is 0. The Morgan fingerprint density at radius 1 is 1.41 bits per heavy atom. The molecule has 0 aliphatic heterocycles. The molecule has 0 aliphatic carbocycles. The molecule has 92 valence electrons. The molecule has 0 atom stereocenters. The standard InChI is InChI=1S/C11H14N2O4/c1-11(2,3)17-9(14)7-5-4-6-12-8(7)13-10(15)16/h4-6H,1-3H3,(H,12,13)(H,15,16). The predicted octanol–water partition coefficient (Wildman–Crippen LogP) is 2.13. The lowest BCUT2D eigenvalue weighted by Crippen LogP contribution is -2.25. The Bertz CT molecular complexity index is 437. The molecule has 0 radical (unpaired) electrons. The second kappa shape index (κ2) is 4.82. The van der Waals surface area contributed by atoms with Crippen molar-refractivity contribution >= 4 is 17.9 Å². The molecule has 1 amide bonds. The second-order valence-electron chi connectivity index (χ2n) is 4.33. The molecule has 0 unspecified atom stereocenters. The highest BCUT2D eigenvalue weighted by Gasteiger charge is 2.21. The highest BCUT2D eigenvalue weighted by atomic mass is 16.6. The first kappa shape index (κ1) is 13.0. The minimum atomic E-state index is -1.28. The van der Waals surface area contributed by atoms with Gasteiger partial charge in [-0.3, -0.25) is 5.32 Å². The van der Waals surface area contributed by atoms with Gasteiger partial charge in [0.05, 0.1) is 0 Å². The Morgan fingerprint density at radius 3 is 2.59 bits per heavy atom. The molecule has 1 aromatic rings. The number of carboxylic acid groups (broad SMARTS) is 1. The lowest BCUT2D eigenvalue weighted by atomic mass is 10.2. The van der Waals surface area contributed by atoms with Gasteiger partial charge in [-0.15, -0.1) is 0 Å². The number of nitrogens with one attached hydrogen (secondary N) is 1. The van der Waals surface area contributed by atoms with Crippen LogP contribution in [0.3, 0.4) is 0 Å². The third-order valence-electron chi connectivity index (χ3n) is 1.65. The first-order valence-corrected chi connectivity index (χ1v) is 4.98. The first-order valence-electron chi connectivity index (χ1n) is 4.98. The van der Waals surface area contributed by atoms with E-state index < -0.39 is 17.7 Å². The van der Waals surface area contributed by atoms with Crippen LogP contribution in [0, 0.1) is 0 Å². The van der Waals surface area contributed by atoms with E-state index in [4.69, 9.17) is 9.84 Å². The Morgan fingerprint density at radius 2 is 2.06 bits per heavy atom. The van der Waals surface area contributed by atoms with E-state index in [-0.39, 0.29) is 11.4 Å². The highest BCUT2D eigenvalue weighted by molar-refractivity contribution is 5.98. The molecule has 6 heteroatoms. The minimum absolute atomic E-state index is 0.0331. The number of rotatable bonds is 2. The number of hydrogen-bond donors (Lipinski definition) is 2. The SMILES string of the molecule is CC(C)(C)OC(=O)c1cccnc1NC(=O)O. The van der Waals surface area contributed by atoms with Crippen LogP contribution in [0.15, 0.2) is 18.3 Å². The number of aromatic nitrogens is 1. The third kappa shape index (κ3) is 4.10. The van der Waals surface area contributed by atoms with Crippen molar-refractivity contribution in [2.45, 2.75) is 26.4 Å². The van der Waals surface area contributed by atoms with Crippen LogP contribution >= 0.6 is 0 Å². The van der Waals surface area contributed by atoms with Crippen molar-refractivity contribution in [2.75, 3.05) is 5.32 Å². The van der Waals surface area contributed by atoms with Gasteiger partial charge >= 0.3 is 12.1 Å². The average Bonchev–Trinajstić information content (AvgIpc) is 2.14. The van der Waals surface area contributed by atoms with Crippen LogP contribution in [0.2, 0.25) is 0 Å². The van der Waals surface area contributed by atoms with Crippen molar-refractivity contribution in [1.82, 2.24) is 4.98 Å². The van der Waals surface area contributed by atoms with Crippen LogP contribution in [0.4, 0.5) is 10.6 Å². The largest absolute Gasteiger partial charge is 0.465 e. The summed E-state index contributed by atoms with van der Waals surface area (Å²) in [6.07, 6.45) is 0.104. The number of hydrogen-bond acceptors (Lipinski definition) is 4. The van der Waals surface area contributed by atoms with Gasteiger partial charge in [0.2, 0.25) is 0 Å². The van der Waals surface area contributed by atoms with E-state index in [1.54, 1.807) is 20.8 Å². The molecular formula is C11H14N2O4. The topological polar surface area (TPSA) is 88.5 Å². The van der Waals surface area contributed by atoms with E-state index in [1.807, 2.05) is 5.32 Å². The molecule has 0 saturated heterocycles. The molecule has 2 N–H and O–H groups in total. The number of ether oxygens (including phenoxy) is 1. The Kier molecular flexibility index (Phi) is 3.67. The summed E-state index contributed by atoms with van der Waals surface area (Å²) in [5.74, 6) is -0.649. The lowest BCUT2D eigenvalue weighted by Gasteiger charge is -2.20. The second-order valence-corrected chi connectivity index (χ2v) is 4.33. The third-order valence-corrected chi connectivity index (χ3v) is 1.65. The molecule has 0 saturated carbocycles. The molecule has 6 nitrogen and oxygen atoms in total. The molecule has 0 spiro atoms. The summed E-state index contributed by atoms with van der Waals surface area (Å²) in [5.41, 5.74) is -0.558. The fourth-order valence-electron chi connectivity index (χ4n) is 1.10. The number of carbonyl (C=O) groups is 2. The van der Waals surface area contributed by atoms with Gasteiger partial charge in [0.25, 0.3) is 0 Å². The van der Waals surface area contributed by atoms with Gasteiger partial charge in [-0.25, -0.2) is 14.6 Å². The van der Waals surface area contributed by atoms with Crippen molar-refractivity contribution in [2.24, 2.45) is 0 Å². The fourth-order valence-corrected chi connectivity index (χ4v) is 1.10. The maximum absolute atomic E-state index is 11.8. The fraction of sp³-hybridized carbons (Fsp3) is 0.364. The summed E-state index contributed by atoms with van der Waals surface area (Å²) in [6, 6.07) is 2.98. The Hall–Kier alpha value is -2.11. The van der Waals surface area contributed by atoms with Crippen LogP contribution in [-0.2, 0) is 4.74 Å². The summed E-state index contributed by atoms with van der Waals surface area (Å²) >= 11 is 0. The Balaban J connectivity index is 2.97. The predicted molar refractivity (Wildman–Crippen MR) is 61.1 cm³/mol. The maximum Gasteiger partial charge on any atom is 0.410 e. The van der Waals surface area contributed by atoms with Crippen molar-refractivity contribution < 1.29 is 19.4 Å². The molecule has 0 bridgehead atoms. The zero-order valence-corrected chi connectivity index (χ0v) is 9.85. The van der Waals surface area contributed by atoms with Gasteiger partial charge in [-0.05, 0) is 32.9 Å². The van der Waals surface area contributed by atoms with Crippen LogP contribution in [0.25, 0.3) is 0 Å². The van der Waals surface area contributed by atoms with Crippen molar-refractivity contribution in [3.8, 4) is 0 Å². The molecule has 17 heavy (non-hydrogen) atoms. The van der Waals surface area contributed by atoms with Crippen molar-refractivity contribution in [3.63, 3.8) is 0 Å². The number of anilines is 1. The lowest BCUT2D eigenvalue weighted by molar-refractivity contribution is 0.00704. The summed E-state index contributed by atoms with van der Waals surface area (Å²) < 4.78 is 5.13. The van der Waals surface area contributed by atoms with E-state index in [9.17, 15) is 9.59 Å². The van der Waals surface area contributed by atoms with Gasteiger partial charge in [-0.1, -0.05) is 0 Å². The van der Waals surface area contributed by atoms with E-state index in [1.165, 1.54) is 18.3 Å². The quantitative estimate of drug-likeness (QED) is 0.770. The zero-order valence-electron chi connectivity index (χ0n) is 9.85. The molecule has 1 aromatic heterocycles. The summed E-state index contributed by atoms with van der Waals surface area (Å²) in [4.78, 5) is 26.1. The van der Waals surface area contributed by atoms with Crippen LogP contribution in [-0.4, -0.2) is 27.8 Å². The average molecular weight is 238 g/mol. The van der Waals surface area contributed by atoms with Gasteiger partial charge in [0.1, 0.15) is 17.0 Å². The maximum atomic E-state index is 11.8. The number of carbonyl (C=O) groups excluding carboxylic acids is 1. The molecule has 1 rings (SSSR count). The highest BCUT2D eigenvalue weighted by Crippen LogP contribution is 2.17. The molecule has 0 fully saturated rings. The van der Waals surface area contributed by atoms with Gasteiger partial charge in [0, 0.05) is 6.20 Å². The van der Waals surface area contributed by atoms with E-state index in [0.717, 1.165) is 0 Å². The number of nitrogens with zero attached hydrogens (tertiary/aromatic N) is 1. The number of amides is 1.